The molecule has 0 fully saturated rings. The topological polar surface area (TPSA) is 68.3 Å². The number of hydrogen-bond acceptors (Lipinski definition) is 5. The third kappa shape index (κ3) is 4.85. The molecule has 0 unspecified atom stereocenters. The zero-order chi connectivity index (χ0) is 22.0. The van der Waals surface area contributed by atoms with Crippen molar-refractivity contribution >= 4 is 27.5 Å². The maximum atomic E-state index is 13.0. The van der Waals surface area contributed by atoms with Crippen LogP contribution < -0.4 is 5.56 Å². The second-order valence-electron chi connectivity index (χ2n) is 6.81. The monoisotopic (exact) mass is 447 g/mol. The van der Waals surface area contributed by atoms with Gasteiger partial charge in [-0.25, -0.2) is 4.98 Å². The zero-order valence-corrected chi connectivity index (χ0v) is 16.8. The molecule has 1 aromatic carbocycles. The Morgan fingerprint density at radius 3 is 2.61 bits per heavy atom. The third-order valence-corrected chi connectivity index (χ3v) is 5.68. The highest BCUT2D eigenvalue weighted by molar-refractivity contribution is 7.22. The molecule has 0 atom stereocenters. The predicted octanol–water partition coefficient (Wildman–Crippen LogP) is 4.31. The minimum absolute atomic E-state index is 0.212. The van der Waals surface area contributed by atoms with Crippen LogP contribution in [0, 0.1) is 0 Å². The Balaban J connectivity index is 1.60. The van der Waals surface area contributed by atoms with E-state index in [0.29, 0.717) is 15.1 Å². The van der Waals surface area contributed by atoms with E-state index < -0.39 is 30.7 Å². The number of benzene rings is 1. The number of hydrogen-bond donors (Lipinski definition) is 0. The highest BCUT2D eigenvalue weighted by atomic mass is 32.1. The highest BCUT2D eigenvalue weighted by Gasteiger charge is 2.33. The maximum Gasteiger partial charge on any atom is 0.406 e. The van der Waals surface area contributed by atoms with Gasteiger partial charge >= 0.3 is 6.18 Å². The van der Waals surface area contributed by atoms with Gasteiger partial charge in [-0.15, -0.1) is 11.3 Å². The average Bonchev–Trinajstić information content (AvgIpc) is 3.39. The summed E-state index contributed by atoms with van der Waals surface area (Å²) in [6, 6.07) is 14.2. The maximum absolute atomic E-state index is 13.0. The lowest BCUT2D eigenvalue weighted by Gasteiger charge is -2.23. The lowest BCUT2D eigenvalue weighted by atomic mass is 10.2. The lowest BCUT2D eigenvalue weighted by molar-refractivity contribution is -0.163. The number of carbonyl (C=O) groups excluding carboxylic acids is 1. The van der Waals surface area contributed by atoms with Crippen molar-refractivity contribution in [1.29, 1.82) is 0 Å². The van der Waals surface area contributed by atoms with Crippen molar-refractivity contribution in [3.63, 3.8) is 0 Å². The number of halogens is 3. The van der Waals surface area contributed by atoms with Gasteiger partial charge in [0.2, 0.25) is 5.91 Å². The number of amides is 1. The van der Waals surface area contributed by atoms with Crippen LogP contribution in [0.5, 0.6) is 0 Å². The van der Waals surface area contributed by atoms with E-state index in [1.807, 2.05) is 30.3 Å². The molecular formula is C21H16F3N3O3S. The van der Waals surface area contributed by atoms with Crippen molar-refractivity contribution in [2.45, 2.75) is 19.3 Å². The molecule has 0 spiro atoms. The van der Waals surface area contributed by atoms with E-state index >= 15 is 0 Å². The van der Waals surface area contributed by atoms with Crippen molar-refractivity contribution < 1.29 is 22.4 Å². The van der Waals surface area contributed by atoms with Gasteiger partial charge in [0.05, 0.1) is 24.7 Å². The molecular weight excluding hydrogens is 431 g/mol. The number of carbonyl (C=O) groups is 1. The molecule has 1 amide bonds. The van der Waals surface area contributed by atoms with Crippen LogP contribution in [-0.2, 0) is 17.9 Å². The van der Waals surface area contributed by atoms with Crippen LogP contribution >= 0.6 is 11.3 Å². The Labute approximate surface area is 178 Å². The third-order valence-electron chi connectivity index (χ3n) is 4.52. The van der Waals surface area contributed by atoms with Crippen LogP contribution in [0.4, 0.5) is 13.2 Å². The Bertz CT molecular complexity index is 1250. The van der Waals surface area contributed by atoms with Gasteiger partial charge < -0.3 is 9.32 Å². The normalized spacial score (nSPS) is 11.7. The summed E-state index contributed by atoms with van der Waals surface area (Å²) in [5.74, 6) is -0.652. The van der Waals surface area contributed by atoms with Gasteiger partial charge in [-0.05, 0) is 23.8 Å². The van der Waals surface area contributed by atoms with Crippen LogP contribution in [0.1, 0.15) is 5.76 Å². The molecule has 0 saturated carbocycles. The van der Waals surface area contributed by atoms with Gasteiger partial charge in [0, 0.05) is 4.88 Å². The summed E-state index contributed by atoms with van der Waals surface area (Å²) in [7, 11) is 0. The highest BCUT2D eigenvalue weighted by Crippen LogP contribution is 2.30. The number of aromatic nitrogens is 2. The molecule has 3 heterocycles. The molecule has 0 aliphatic rings. The van der Waals surface area contributed by atoms with E-state index in [-0.39, 0.29) is 12.3 Å². The summed E-state index contributed by atoms with van der Waals surface area (Å²) in [4.78, 5) is 31.1. The average molecular weight is 447 g/mol. The van der Waals surface area contributed by atoms with E-state index in [0.717, 1.165) is 15.0 Å². The van der Waals surface area contributed by atoms with Gasteiger partial charge in [0.1, 0.15) is 23.5 Å². The van der Waals surface area contributed by atoms with Crippen LogP contribution in [0.2, 0.25) is 0 Å². The van der Waals surface area contributed by atoms with Crippen molar-refractivity contribution in [3.05, 3.63) is 77.2 Å². The van der Waals surface area contributed by atoms with Crippen molar-refractivity contribution in [2.75, 3.05) is 6.54 Å². The van der Waals surface area contributed by atoms with Crippen LogP contribution in [-0.4, -0.2) is 33.1 Å². The van der Waals surface area contributed by atoms with E-state index in [1.54, 1.807) is 6.07 Å². The molecule has 0 bridgehead atoms. The number of nitrogens with zero attached hydrogens (tertiary/aromatic N) is 3. The van der Waals surface area contributed by atoms with Crippen molar-refractivity contribution in [3.8, 4) is 10.4 Å². The number of thiophene rings is 1. The van der Waals surface area contributed by atoms with E-state index in [4.69, 9.17) is 4.42 Å². The molecule has 4 rings (SSSR count). The Morgan fingerprint density at radius 2 is 1.94 bits per heavy atom. The molecule has 10 heteroatoms. The smallest absolute Gasteiger partial charge is 0.406 e. The molecule has 0 N–H and O–H groups in total. The molecule has 31 heavy (non-hydrogen) atoms. The lowest BCUT2D eigenvalue weighted by Crippen LogP contribution is -2.41. The first-order chi connectivity index (χ1) is 14.8. The fourth-order valence-corrected chi connectivity index (χ4v) is 4.15. The number of rotatable bonds is 6. The van der Waals surface area contributed by atoms with Crippen LogP contribution in [0.15, 0.2) is 70.3 Å². The molecule has 0 saturated heterocycles. The zero-order valence-electron chi connectivity index (χ0n) is 16.0. The van der Waals surface area contributed by atoms with Crippen molar-refractivity contribution in [1.82, 2.24) is 14.5 Å². The first-order valence-electron chi connectivity index (χ1n) is 9.21. The summed E-state index contributed by atoms with van der Waals surface area (Å²) in [5.41, 5.74) is 0.915. The molecule has 3 aromatic heterocycles. The summed E-state index contributed by atoms with van der Waals surface area (Å²) >= 11 is 1.22. The molecule has 6 nitrogen and oxygen atoms in total. The summed E-state index contributed by atoms with van der Waals surface area (Å²) in [5, 5.41) is 0. The van der Waals surface area contributed by atoms with Gasteiger partial charge in [-0.3, -0.25) is 14.2 Å². The minimum Gasteiger partial charge on any atom is -0.467 e. The molecule has 160 valence electrons. The fraction of sp³-hybridized carbons (Fsp3) is 0.190. The van der Waals surface area contributed by atoms with E-state index in [1.165, 1.54) is 36.1 Å². The predicted molar refractivity (Wildman–Crippen MR) is 109 cm³/mol. The van der Waals surface area contributed by atoms with Crippen LogP contribution in [0.25, 0.3) is 20.7 Å². The van der Waals surface area contributed by atoms with Gasteiger partial charge in [0.15, 0.2) is 0 Å². The first-order valence-corrected chi connectivity index (χ1v) is 10.0. The Hall–Kier alpha value is -3.40. The second-order valence-corrected chi connectivity index (χ2v) is 7.87. The largest absolute Gasteiger partial charge is 0.467 e. The van der Waals surface area contributed by atoms with E-state index in [9.17, 15) is 22.8 Å². The van der Waals surface area contributed by atoms with Crippen LogP contribution in [0.3, 0.4) is 0 Å². The molecule has 4 aromatic rings. The number of alkyl halides is 3. The quantitative estimate of drug-likeness (QED) is 0.442. The molecule has 0 aliphatic heterocycles. The van der Waals surface area contributed by atoms with E-state index in [2.05, 4.69) is 4.98 Å². The standard InChI is InChI=1S/C21H16F3N3O3S/c22-21(23,24)12-26(10-15-7-4-8-30-15)18(28)11-27-13-25-16-9-17(31-19(16)20(27)29)14-5-2-1-3-6-14/h1-9,13H,10-12H2. The molecule has 0 radical (unpaired) electrons. The summed E-state index contributed by atoms with van der Waals surface area (Å²) < 4.78 is 45.4. The number of fused-ring (bicyclic) bond motifs is 1. The minimum atomic E-state index is -4.59. The number of furan rings is 1. The Kier molecular flexibility index (Phi) is 5.64. The summed E-state index contributed by atoms with van der Waals surface area (Å²) in [6.07, 6.45) is -2.09. The molecule has 0 aliphatic carbocycles. The summed E-state index contributed by atoms with van der Waals surface area (Å²) in [6.45, 7) is -2.36. The van der Waals surface area contributed by atoms with Crippen molar-refractivity contribution in [2.24, 2.45) is 0 Å². The fourth-order valence-electron chi connectivity index (χ4n) is 3.09. The SMILES string of the molecule is O=C(Cn1cnc2cc(-c3ccccc3)sc2c1=O)N(Cc1ccco1)CC(F)(F)F. The van der Waals surface area contributed by atoms with Gasteiger partial charge in [-0.1, -0.05) is 30.3 Å². The second kappa shape index (κ2) is 8.38. The first kappa shape index (κ1) is 20.9. The Morgan fingerprint density at radius 1 is 1.16 bits per heavy atom. The van der Waals surface area contributed by atoms with Gasteiger partial charge in [0.25, 0.3) is 5.56 Å². The van der Waals surface area contributed by atoms with Gasteiger partial charge in [-0.2, -0.15) is 13.2 Å².